The fourth-order valence-corrected chi connectivity index (χ4v) is 2.97. The topological polar surface area (TPSA) is 41.6 Å². The first-order valence-corrected chi connectivity index (χ1v) is 7.18. The van der Waals surface area contributed by atoms with Crippen LogP contribution < -0.4 is 5.32 Å². The number of nitrogens with one attached hydrogen (secondary N) is 1. The zero-order valence-corrected chi connectivity index (χ0v) is 12.6. The van der Waals surface area contributed by atoms with Crippen LogP contribution in [0.25, 0.3) is 0 Å². The van der Waals surface area contributed by atoms with Gasteiger partial charge >= 0.3 is 6.03 Å². The molecule has 0 aromatic heterocycles. The van der Waals surface area contributed by atoms with Gasteiger partial charge in [0.05, 0.1) is 13.2 Å². The van der Waals surface area contributed by atoms with Crippen molar-refractivity contribution >= 4 is 6.03 Å². The van der Waals surface area contributed by atoms with E-state index >= 15 is 0 Å². The Hall–Kier alpha value is -1.55. The Labute approximate surface area is 121 Å². The van der Waals surface area contributed by atoms with E-state index in [1.807, 2.05) is 7.05 Å². The molecular weight excluding hydrogens is 252 g/mol. The Morgan fingerprint density at radius 1 is 1.40 bits per heavy atom. The number of aryl methyl sites for hydroxylation is 1. The average molecular weight is 276 g/mol. The van der Waals surface area contributed by atoms with Crippen LogP contribution in [0.1, 0.15) is 23.5 Å². The summed E-state index contributed by atoms with van der Waals surface area (Å²) in [6, 6.07) is 8.45. The second-order valence-corrected chi connectivity index (χ2v) is 5.63. The molecule has 2 unspecified atom stereocenters. The molecule has 0 aliphatic carbocycles. The minimum absolute atomic E-state index is 0.0389. The number of carbonyl (C=O) groups is 1. The summed E-state index contributed by atoms with van der Waals surface area (Å²) < 4.78 is 5.76. The minimum atomic E-state index is -0.0389. The van der Waals surface area contributed by atoms with E-state index in [9.17, 15) is 4.79 Å². The number of amides is 2. The molecular formula is C16H24N2O2. The standard InChI is InChI=1S/C16H24N2O2/c1-12-6-4-5-7-15(12)14-8-13(10-20-11-14)9-18(3)16(19)17-2/h4-7,13-14H,8-11H2,1-3H3,(H,17,19). The monoisotopic (exact) mass is 276 g/mol. The molecule has 0 bridgehead atoms. The quantitative estimate of drug-likeness (QED) is 0.921. The number of nitrogens with zero attached hydrogens (tertiary/aromatic N) is 1. The van der Waals surface area contributed by atoms with E-state index in [2.05, 4.69) is 36.5 Å². The zero-order valence-electron chi connectivity index (χ0n) is 12.6. The molecule has 1 heterocycles. The molecule has 0 spiro atoms. The number of carbonyl (C=O) groups excluding carboxylic acids is 1. The van der Waals surface area contributed by atoms with Crippen molar-refractivity contribution in [1.82, 2.24) is 10.2 Å². The summed E-state index contributed by atoms with van der Waals surface area (Å²) in [7, 11) is 3.49. The highest BCUT2D eigenvalue weighted by molar-refractivity contribution is 5.73. The van der Waals surface area contributed by atoms with Crippen LogP contribution in [0.15, 0.2) is 24.3 Å². The molecule has 0 radical (unpaired) electrons. The van der Waals surface area contributed by atoms with Crippen LogP contribution in [-0.2, 0) is 4.74 Å². The molecule has 4 nitrogen and oxygen atoms in total. The molecule has 20 heavy (non-hydrogen) atoms. The van der Waals surface area contributed by atoms with E-state index in [0.29, 0.717) is 11.8 Å². The van der Waals surface area contributed by atoms with E-state index in [4.69, 9.17) is 4.74 Å². The molecule has 4 heteroatoms. The number of benzene rings is 1. The number of ether oxygens (including phenoxy) is 1. The van der Waals surface area contributed by atoms with E-state index < -0.39 is 0 Å². The van der Waals surface area contributed by atoms with Crippen LogP contribution in [0.4, 0.5) is 4.79 Å². The van der Waals surface area contributed by atoms with Crippen molar-refractivity contribution in [3.05, 3.63) is 35.4 Å². The van der Waals surface area contributed by atoms with Crippen molar-refractivity contribution in [3.63, 3.8) is 0 Å². The molecule has 1 aliphatic heterocycles. The zero-order chi connectivity index (χ0) is 14.5. The normalized spacial score (nSPS) is 22.4. The summed E-state index contributed by atoms with van der Waals surface area (Å²) in [4.78, 5) is 13.3. The van der Waals surface area contributed by atoms with Gasteiger partial charge in [-0.3, -0.25) is 0 Å². The first-order chi connectivity index (χ1) is 9.61. The highest BCUT2D eigenvalue weighted by Crippen LogP contribution is 2.30. The van der Waals surface area contributed by atoms with Crippen molar-refractivity contribution in [2.24, 2.45) is 5.92 Å². The summed E-state index contributed by atoms with van der Waals surface area (Å²) in [6.45, 7) is 4.41. The molecule has 1 fully saturated rings. The smallest absolute Gasteiger partial charge is 0.316 e. The highest BCUT2D eigenvalue weighted by atomic mass is 16.5. The predicted octanol–water partition coefficient (Wildman–Crippen LogP) is 2.39. The van der Waals surface area contributed by atoms with Crippen molar-refractivity contribution in [3.8, 4) is 0 Å². The Kier molecular flexibility index (Phi) is 5.01. The minimum Gasteiger partial charge on any atom is -0.380 e. The van der Waals surface area contributed by atoms with Crippen LogP contribution in [0, 0.1) is 12.8 Å². The molecule has 1 aromatic rings. The number of hydrogen-bond donors (Lipinski definition) is 1. The van der Waals surface area contributed by atoms with E-state index in [-0.39, 0.29) is 6.03 Å². The van der Waals surface area contributed by atoms with Gasteiger partial charge in [0.1, 0.15) is 0 Å². The molecule has 1 aromatic carbocycles. The molecule has 2 atom stereocenters. The molecule has 2 amide bonds. The van der Waals surface area contributed by atoms with Gasteiger partial charge in [0.15, 0.2) is 0 Å². The van der Waals surface area contributed by atoms with E-state index in [1.165, 1.54) is 11.1 Å². The first-order valence-electron chi connectivity index (χ1n) is 7.18. The highest BCUT2D eigenvalue weighted by Gasteiger charge is 2.26. The molecule has 1 saturated heterocycles. The van der Waals surface area contributed by atoms with Gasteiger partial charge in [0.25, 0.3) is 0 Å². The molecule has 2 rings (SSSR count). The van der Waals surface area contributed by atoms with Gasteiger partial charge < -0.3 is 15.0 Å². The largest absolute Gasteiger partial charge is 0.380 e. The summed E-state index contributed by atoms with van der Waals surface area (Å²) in [5, 5.41) is 2.65. The summed E-state index contributed by atoms with van der Waals surface area (Å²) in [5.41, 5.74) is 2.70. The second kappa shape index (κ2) is 6.75. The van der Waals surface area contributed by atoms with E-state index in [0.717, 1.165) is 26.2 Å². The number of rotatable bonds is 3. The van der Waals surface area contributed by atoms with Crippen LogP contribution in [0.5, 0.6) is 0 Å². The fraction of sp³-hybridized carbons (Fsp3) is 0.562. The van der Waals surface area contributed by atoms with Crippen LogP contribution in [0.3, 0.4) is 0 Å². The van der Waals surface area contributed by atoms with Gasteiger partial charge in [-0.1, -0.05) is 24.3 Å². The third-order valence-corrected chi connectivity index (χ3v) is 4.01. The van der Waals surface area contributed by atoms with Crippen LogP contribution >= 0.6 is 0 Å². The molecule has 0 saturated carbocycles. The molecule has 1 aliphatic rings. The summed E-state index contributed by atoms with van der Waals surface area (Å²) >= 11 is 0. The fourth-order valence-electron chi connectivity index (χ4n) is 2.97. The van der Waals surface area contributed by atoms with Gasteiger partial charge in [-0.15, -0.1) is 0 Å². The van der Waals surface area contributed by atoms with Crippen molar-refractivity contribution in [2.75, 3.05) is 33.9 Å². The summed E-state index contributed by atoms with van der Waals surface area (Å²) in [6.07, 6.45) is 1.08. The van der Waals surface area contributed by atoms with Crippen molar-refractivity contribution < 1.29 is 9.53 Å². The maximum atomic E-state index is 11.6. The van der Waals surface area contributed by atoms with Gasteiger partial charge in [-0.2, -0.15) is 0 Å². The van der Waals surface area contributed by atoms with E-state index in [1.54, 1.807) is 11.9 Å². The maximum Gasteiger partial charge on any atom is 0.316 e. The lowest BCUT2D eigenvalue weighted by Gasteiger charge is -2.32. The Bertz CT molecular complexity index is 462. The third kappa shape index (κ3) is 3.51. The summed E-state index contributed by atoms with van der Waals surface area (Å²) in [5.74, 6) is 0.837. The SMILES string of the molecule is CNC(=O)N(C)CC1COCC(c2ccccc2C)C1. The van der Waals surface area contributed by atoms with Crippen molar-refractivity contribution in [1.29, 1.82) is 0 Å². The molecule has 1 N–H and O–H groups in total. The third-order valence-electron chi connectivity index (χ3n) is 4.01. The Morgan fingerprint density at radius 2 is 2.15 bits per heavy atom. The van der Waals surface area contributed by atoms with Gasteiger partial charge in [-0.05, 0) is 24.5 Å². The number of urea groups is 1. The van der Waals surface area contributed by atoms with Crippen molar-refractivity contribution in [2.45, 2.75) is 19.3 Å². The number of hydrogen-bond acceptors (Lipinski definition) is 2. The van der Waals surface area contributed by atoms with Crippen LogP contribution in [-0.4, -0.2) is 44.8 Å². The Morgan fingerprint density at radius 3 is 2.85 bits per heavy atom. The van der Waals surface area contributed by atoms with Gasteiger partial charge in [0.2, 0.25) is 0 Å². The van der Waals surface area contributed by atoms with Gasteiger partial charge in [-0.25, -0.2) is 4.79 Å². The lowest BCUT2D eigenvalue weighted by molar-refractivity contribution is 0.0310. The predicted molar refractivity (Wildman–Crippen MR) is 79.9 cm³/mol. The average Bonchev–Trinajstić information content (AvgIpc) is 2.47. The Balaban J connectivity index is 1.99. The van der Waals surface area contributed by atoms with Gasteiger partial charge in [0, 0.05) is 32.5 Å². The van der Waals surface area contributed by atoms with Crippen LogP contribution in [0.2, 0.25) is 0 Å². The lowest BCUT2D eigenvalue weighted by Crippen LogP contribution is -2.40. The second-order valence-electron chi connectivity index (χ2n) is 5.63. The lowest BCUT2D eigenvalue weighted by atomic mass is 9.85. The first kappa shape index (κ1) is 14.9. The maximum absolute atomic E-state index is 11.6. The molecule has 110 valence electrons.